The van der Waals surface area contributed by atoms with Gasteiger partial charge >= 0.3 is 0 Å². The number of hydrogen-bond donors (Lipinski definition) is 1. The summed E-state index contributed by atoms with van der Waals surface area (Å²) in [5.74, 6) is 0.660. The third kappa shape index (κ3) is 8.85. The highest BCUT2D eigenvalue weighted by Gasteiger charge is 2.05. The molecule has 0 heterocycles. The van der Waals surface area contributed by atoms with Crippen LogP contribution in [0.3, 0.4) is 0 Å². The molecule has 92 valence electrons. The van der Waals surface area contributed by atoms with Gasteiger partial charge in [0.1, 0.15) is 0 Å². The summed E-state index contributed by atoms with van der Waals surface area (Å²) in [5.41, 5.74) is 5.61. The standard InChI is InChI=1S/C12H29N3/c1-5-15(9-6-8-14(3)4)10-7-12(2)11-13/h12H,5-11,13H2,1-4H3. The second-order valence-corrected chi connectivity index (χ2v) is 4.72. The van der Waals surface area contributed by atoms with Crippen LogP contribution in [0.5, 0.6) is 0 Å². The summed E-state index contributed by atoms with van der Waals surface area (Å²) in [7, 11) is 4.26. The van der Waals surface area contributed by atoms with E-state index in [1.54, 1.807) is 0 Å². The van der Waals surface area contributed by atoms with Crippen molar-refractivity contribution in [3.63, 3.8) is 0 Å². The topological polar surface area (TPSA) is 32.5 Å². The molecule has 0 aliphatic heterocycles. The Bertz CT molecular complexity index is 137. The maximum absolute atomic E-state index is 5.61. The normalized spacial score (nSPS) is 13.8. The zero-order valence-corrected chi connectivity index (χ0v) is 11.0. The monoisotopic (exact) mass is 215 g/mol. The van der Waals surface area contributed by atoms with Gasteiger partial charge in [-0.3, -0.25) is 0 Å². The molecular formula is C12H29N3. The van der Waals surface area contributed by atoms with E-state index in [4.69, 9.17) is 5.73 Å². The van der Waals surface area contributed by atoms with Gasteiger partial charge in [0.15, 0.2) is 0 Å². The van der Waals surface area contributed by atoms with Crippen molar-refractivity contribution in [1.82, 2.24) is 9.80 Å². The van der Waals surface area contributed by atoms with Crippen molar-refractivity contribution in [2.45, 2.75) is 26.7 Å². The first-order valence-electron chi connectivity index (χ1n) is 6.17. The molecule has 3 nitrogen and oxygen atoms in total. The van der Waals surface area contributed by atoms with E-state index in [1.807, 2.05) is 0 Å². The molecule has 0 bridgehead atoms. The first-order valence-corrected chi connectivity index (χ1v) is 6.17. The SMILES string of the molecule is CCN(CCCN(C)C)CCC(C)CN. The van der Waals surface area contributed by atoms with Crippen molar-refractivity contribution >= 4 is 0 Å². The lowest BCUT2D eigenvalue weighted by atomic mass is 10.1. The molecule has 0 saturated carbocycles. The van der Waals surface area contributed by atoms with Gasteiger partial charge in [-0.15, -0.1) is 0 Å². The summed E-state index contributed by atoms with van der Waals surface area (Å²) in [6.07, 6.45) is 2.49. The van der Waals surface area contributed by atoms with Crippen molar-refractivity contribution in [1.29, 1.82) is 0 Å². The molecule has 1 atom stereocenters. The summed E-state index contributed by atoms with van der Waals surface area (Å²) < 4.78 is 0. The molecule has 0 aromatic heterocycles. The average molecular weight is 215 g/mol. The van der Waals surface area contributed by atoms with E-state index < -0.39 is 0 Å². The van der Waals surface area contributed by atoms with Crippen molar-refractivity contribution in [3.05, 3.63) is 0 Å². The average Bonchev–Trinajstić information content (AvgIpc) is 2.22. The molecule has 3 heteroatoms. The Morgan fingerprint density at radius 1 is 1.13 bits per heavy atom. The minimum atomic E-state index is 0.660. The highest BCUT2D eigenvalue weighted by atomic mass is 15.1. The molecule has 0 aliphatic carbocycles. The van der Waals surface area contributed by atoms with E-state index in [0.717, 1.165) is 13.1 Å². The fraction of sp³-hybridized carbons (Fsp3) is 1.00. The van der Waals surface area contributed by atoms with E-state index >= 15 is 0 Å². The minimum absolute atomic E-state index is 0.660. The van der Waals surface area contributed by atoms with Crippen molar-refractivity contribution in [2.24, 2.45) is 11.7 Å². The summed E-state index contributed by atoms with van der Waals surface area (Å²) in [6, 6.07) is 0. The summed E-state index contributed by atoms with van der Waals surface area (Å²) in [6.45, 7) is 10.0. The number of nitrogens with zero attached hydrogens (tertiary/aromatic N) is 2. The van der Waals surface area contributed by atoms with Crippen LogP contribution < -0.4 is 5.73 Å². The van der Waals surface area contributed by atoms with Crippen LogP contribution in [0, 0.1) is 5.92 Å². The fourth-order valence-electron chi connectivity index (χ4n) is 1.56. The number of rotatable bonds is 9. The van der Waals surface area contributed by atoms with Gasteiger partial charge in [-0.25, -0.2) is 0 Å². The Balaban J connectivity index is 3.54. The van der Waals surface area contributed by atoms with E-state index in [1.165, 1.54) is 32.5 Å². The van der Waals surface area contributed by atoms with Gasteiger partial charge in [-0.1, -0.05) is 13.8 Å². The smallest absolute Gasteiger partial charge is 0.000667 e. The van der Waals surface area contributed by atoms with Crippen LogP contribution in [0.25, 0.3) is 0 Å². The Labute approximate surface area is 95.6 Å². The predicted molar refractivity (Wildman–Crippen MR) is 68.1 cm³/mol. The van der Waals surface area contributed by atoms with Crippen LogP contribution in [0.2, 0.25) is 0 Å². The Morgan fingerprint density at radius 3 is 2.27 bits per heavy atom. The quantitative estimate of drug-likeness (QED) is 0.628. The van der Waals surface area contributed by atoms with Gasteiger partial charge in [0.05, 0.1) is 0 Å². The molecule has 0 amide bonds. The molecule has 1 unspecified atom stereocenters. The lowest BCUT2D eigenvalue weighted by molar-refractivity contribution is 0.251. The van der Waals surface area contributed by atoms with Gasteiger partial charge in [-0.2, -0.15) is 0 Å². The largest absolute Gasteiger partial charge is 0.330 e. The molecule has 0 aromatic carbocycles. The highest BCUT2D eigenvalue weighted by molar-refractivity contribution is 4.61. The third-order valence-electron chi connectivity index (χ3n) is 2.87. The second kappa shape index (κ2) is 9.13. The fourth-order valence-corrected chi connectivity index (χ4v) is 1.56. The molecule has 0 radical (unpaired) electrons. The van der Waals surface area contributed by atoms with Gasteiger partial charge in [0.25, 0.3) is 0 Å². The van der Waals surface area contributed by atoms with Crippen LogP contribution in [0.4, 0.5) is 0 Å². The molecular weight excluding hydrogens is 186 g/mol. The van der Waals surface area contributed by atoms with E-state index in [0.29, 0.717) is 5.92 Å². The molecule has 0 spiro atoms. The van der Waals surface area contributed by atoms with Gasteiger partial charge in [0.2, 0.25) is 0 Å². The van der Waals surface area contributed by atoms with Crippen LogP contribution in [-0.4, -0.2) is 56.6 Å². The molecule has 0 aliphatic rings. The molecule has 0 rings (SSSR count). The molecule has 15 heavy (non-hydrogen) atoms. The minimum Gasteiger partial charge on any atom is -0.330 e. The number of hydrogen-bond acceptors (Lipinski definition) is 3. The number of nitrogens with two attached hydrogens (primary N) is 1. The molecule has 2 N–H and O–H groups in total. The second-order valence-electron chi connectivity index (χ2n) is 4.72. The van der Waals surface area contributed by atoms with Gasteiger partial charge in [0, 0.05) is 0 Å². The zero-order valence-electron chi connectivity index (χ0n) is 11.0. The van der Waals surface area contributed by atoms with Gasteiger partial charge < -0.3 is 15.5 Å². The first-order chi connectivity index (χ1) is 7.10. The van der Waals surface area contributed by atoms with Crippen molar-refractivity contribution < 1.29 is 0 Å². The van der Waals surface area contributed by atoms with Gasteiger partial charge in [-0.05, 0) is 65.6 Å². The van der Waals surface area contributed by atoms with Crippen molar-refractivity contribution in [2.75, 3.05) is 46.8 Å². The molecule has 0 saturated heterocycles. The van der Waals surface area contributed by atoms with Crippen molar-refractivity contribution in [3.8, 4) is 0 Å². The maximum Gasteiger partial charge on any atom is -0.000667 e. The van der Waals surface area contributed by atoms with Crippen LogP contribution in [0.15, 0.2) is 0 Å². The molecule has 0 aromatic rings. The Kier molecular flexibility index (Phi) is 9.06. The lowest BCUT2D eigenvalue weighted by Crippen LogP contribution is -2.30. The zero-order chi connectivity index (χ0) is 11.7. The summed E-state index contributed by atoms with van der Waals surface area (Å²) in [4.78, 5) is 4.77. The summed E-state index contributed by atoms with van der Waals surface area (Å²) >= 11 is 0. The first kappa shape index (κ1) is 14.9. The third-order valence-corrected chi connectivity index (χ3v) is 2.87. The van der Waals surface area contributed by atoms with E-state index in [-0.39, 0.29) is 0 Å². The Morgan fingerprint density at radius 2 is 1.80 bits per heavy atom. The van der Waals surface area contributed by atoms with Crippen LogP contribution in [-0.2, 0) is 0 Å². The van der Waals surface area contributed by atoms with E-state index in [2.05, 4.69) is 37.7 Å². The Hall–Kier alpha value is -0.120. The lowest BCUT2D eigenvalue weighted by Gasteiger charge is -2.22. The van der Waals surface area contributed by atoms with E-state index in [9.17, 15) is 0 Å². The predicted octanol–water partition coefficient (Wildman–Crippen LogP) is 1.24. The molecule has 0 fully saturated rings. The highest BCUT2D eigenvalue weighted by Crippen LogP contribution is 2.02. The maximum atomic E-state index is 5.61. The van der Waals surface area contributed by atoms with Crippen LogP contribution >= 0.6 is 0 Å². The summed E-state index contributed by atoms with van der Waals surface area (Å²) in [5, 5.41) is 0. The van der Waals surface area contributed by atoms with Crippen LogP contribution in [0.1, 0.15) is 26.7 Å².